The van der Waals surface area contributed by atoms with Gasteiger partial charge in [0.15, 0.2) is 19.8 Å². The zero-order valence-electron chi connectivity index (χ0n) is 31.6. The number of para-hydroxylation sites is 3. The first-order valence-corrected chi connectivity index (χ1v) is 18.0. The van der Waals surface area contributed by atoms with Crippen molar-refractivity contribution >= 4 is 32.7 Å². The number of pyridine rings is 3. The standard InChI is InChI=1S/3C14H16NO2.3HI/c3*1-3-16-14-9-17-13-8-10(2)11-6-4-5-7-12(11)15(13)14;;;/h3*4-8,14H,3,9H2,1-2H3;3*1H/q3*+1;;;/p-3. The van der Waals surface area contributed by atoms with Crippen LogP contribution in [-0.2, 0) is 14.2 Å². The molecule has 0 amide bonds. The largest absolute Gasteiger partial charge is 1.00 e. The van der Waals surface area contributed by atoms with Gasteiger partial charge in [-0.2, -0.15) is 0 Å². The number of fused-ring (bicyclic) bond motifs is 9. The summed E-state index contributed by atoms with van der Waals surface area (Å²) >= 11 is 0. The molecule has 288 valence electrons. The third-order valence-corrected chi connectivity index (χ3v) is 9.56. The number of halogens is 3. The van der Waals surface area contributed by atoms with Gasteiger partial charge in [0.25, 0.3) is 0 Å². The van der Waals surface area contributed by atoms with Gasteiger partial charge in [-0.25, -0.2) is 0 Å². The lowest BCUT2D eigenvalue weighted by atomic mass is 10.1. The van der Waals surface area contributed by atoms with E-state index < -0.39 is 0 Å². The minimum atomic E-state index is 0. The topological polar surface area (TPSA) is 67.0 Å². The van der Waals surface area contributed by atoms with Gasteiger partial charge in [0.05, 0.1) is 38.0 Å². The molecule has 3 unspecified atom stereocenters. The van der Waals surface area contributed by atoms with E-state index in [-0.39, 0.29) is 90.6 Å². The first kappa shape index (κ1) is 44.1. The Morgan fingerprint density at radius 2 is 0.722 bits per heavy atom. The molecule has 0 spiro atoms. The molecule has 9 nitrogen and oxygen atoms in total. The summed E-state index contributed by atoms with van der Waals surface area (Å²) in [6.45, 7) is 16.2. The maximum absolute atomic E-state index is 5.72. The zero-order valence-corrected chi connectivity index (χ0v) is 38.0. The summed E-state index contributed by atoms with van der Waals surface area (Å²) in [6, 6.07) is 31.4. The van der Waals surface area contributed by atoms with E-state index in [9.17, 15) is 0 Å². The maximum atomic E-state index is 5.72. The Kier molecular flexibility index (Phi) is 16.3. The molecule has 0 fully saturated rings. The van der Waals surface area contributed by atoms with Crippen LogP contribution in [-0.4, -0.2) is 39.6 Å². The van der Waals surface area contributed by atoms with Crippen molar-refractivity contribution in [2.75, 3.05) is 39.6 Å². The number of aromatic nitrogens is 3. The van der Waals surface area contributed by atoms with Crippen LogP contribution in [0.4, 0.5) is 0 Å². The van der Waals surface area contributed by atoms with Crippen LogP contribution in [0.1, 0.15) is 56.1 Å². The van der Waals surface area contributed by atoms with Crippen molar-refractivity contribution in [3.63, 3.8) is 0 Å². The summed E-state index contributed by atoms with van der Waals surface area (Å²) in [7, 11) is 0. The molecule has 0 saturated carbocycles. The van der Waals surface area contributed by atoms with E-state index in [4.69, 9.17) is 28.4 Å². The fourth-order valence-electron chi connectivity index (χ4n) is 7.27. The number of hydrogen-bond acceptors (Lipinski definition) is 6. The van der Waals surface area contributed by atoms with Gasteiger partial charge in [-0.3, -0.25) is 0 Å². The normalized spacial score (nSPS) is 17.1. The predicted molar refractivity (Wildman–Crippen MR) is 195 cm³/mol. The fraction of sp³-hybridized carbons (Fsp3) is 0.357. The molecule has 0 bridgehead atoms. The molecule has 0 aliphatic carbocycles. The number of ether oxygens (including phenoxy) is 6. The summed E-state index contributed by atoms with van der Waals surface area (Å²) in [5.74, 6) is 2.71. The summed E-state index contributed by atoms with van der Waals surface area (Å²) in [4.78, 5) is 0. The van der Waals surface area contributed by atoms with E-state index in [0.29, 0.717) is 39.6 Å². The Balaban J connectivity index is 0.000000176. The van der Waals surface area contributed by atoms with Gasteiger partial charge in [-0.15, -0.1) is 13.7 Å². The van der Waals surface area contributed by atoms with Gasteiger partial charge >= 0.3 is 36.3 Å². The molecule has 54 heavy (non-hydrogen) atoms. The summed E-state index contributed by atoms with van der Waals surface area (Å²) in [5.41, 5.74) is 7.26. The van der Waals surface area contributed by atoms with Gasteiger partial charge in [-0.05, 0) is 76.4 Å². The van der Waals surface area contributed by atoms with Crippen LogP contribution >= 0.6 is 0 Å². The van der Waals surface area contributed by atoms with Crippen LogP contribution in [0.3, 0.4) is 0 Å². The van der Waals surface area contributed by atoms with E-state index in [0.717, 1.165) is 17.6 Å². The van der Waals surface area contributed by atoms with Crippen LogP contribution in [0.2, 0.25) is 0 Å². The summed E-state index contributed by atoms with van der Waals surface area (Å²) in [5, 5.41) is 3.77. The molecule has 0 N–H and O–H groups in total. The molecule has 0 saturated heterocycles. The molecule has 3 aromatic heterocycles. The average Bonchev–Trinajstić information content (AvgIpc) is 3.87. The van der Waals surface area contributed by atoms with E-state index >= 15 is 0 Å². The predicted octanol–water partition coefficient (Wildman–Crippen LogP) is -1.90. The SMILES string of the molecule is CCOC1COc2cc(C)c3ccccc3[n+]21.CCOC1COc2cc(C)c3ccccc3[n+]21.CCOC1COc2cc(C)c3ccccc3[n+]21.[I-].[I-].[I-]. The average molecular weight is 1070 g/mol. The first-order chi connectivity index (χ1) is 24.9. The van der Waals surface area contributed by atoms with E-state index in [1.54, 1.807) is 0 Å². The van der Waals surface area contributed by atoms with Crippen LogP contribution < -0.4 is 99.8 Å². The second-order valence-corrected chi connectivity index (χ2v) is 12.8. The van der Waals surface area contributed by atoms with Crippen molar-refractivity contribution in [2.24, 2.45) is 0 Å². The molecule has 12 heteroatoms. The second kappa shape index (κ2) is 20.0. The Morgan fingerprint density at radius 1 is 0.463 bits per heavy atom. The third-order valence-electron chi connectivity index (χ3n) is 9.56. The Labute approximate surface area is 368 Å². The minimum Gasteiger partial charge on any atom is -1.00 e. The molecule has 3 aliphatic rings. The molecule has 0 radical (unpaired) electrons. The highest BCUT2D eigenvalue weighted by atomic mass is 127. The van der Waals surface area contributed by atoms with Crippen molar-refractivity contribution < 1.29 is 114 Å². The van der Waals surface area contributed by atoms with Crippen LogP contribution in [0.25, 0.3) is 32.7 Å². The Hall–Kier alpha value is -2.64. The maximum Gasteiger partial charge on any atom is 0.371 e. The highest BCUT2D eigenvalue weighted by Crippen LogP contribution is 2.28. The van der Waals surface area contributed by atoms with E-state index in [1.807, 2.05) is 20.8 Å². The summed E-state index contributed by atoms with van der Waals surface area (Å²) in [6.07, 6.45) is 0.00139. The van der Waals surface area contributed by atoms with Crippen LogP contribution in [0.15, 0.2) is 91.0 Å². The van der Waals surface area contributed by atoms with Gasteiger partial charge in [0.2, 0.25) is 16.6 Å². The smallest absolute Gasteiger partial charge is 0.371 e. The van der Waals surface area contributed by atoms with E-state index in [2.05, 4.69) is 125 Å². The van der Waals surface area contributed by atoms with Gasteiger partial charge in [0, 0.05) is 34.4 Å². The number of rotatable bonds is 6. The van der Waals surface area contributed by atoms with Crippen molar-refractivity contribution in [1.82, 2.24) is 0 Å². The third kappa shape index (κ3) is 8.83. The lowest BCUT2D eigenvalue weighted by Crippen LogP contribution is -3.00. The lowest BCUT2D eigenvalue weighted by Gasteiger charge is -2.06. The Morgan fingerprint density at radius 3 is 0.981 bits per heavy atom. The monoisotopic (exact) mass is 1070 g/mol. The van der Waals surface area contributed by atoms with Crippen molar-refractivity contribution in [1.29, 1.82) is 0 Å². The number of aryl methyl sites for hydroxylation is 3. The van der Waals surface area contributed by atoms with Gasteiger partial charge in [-0.1, -0.05) is 36.4 Å². The molecule has 6 aromatic rings. The van der Waals surface area contributed by atoms with Crippen molar-refractivity contribution in [2.45, 2.75) is 60.2 Å². The van der Waals surface area contributed by atoms with Crippen molar-refractivity contribution in [3.8, 4) is 17.6 Å². The highest BCUT2D eigenvalue weighted by Gasteiger charge is 2.37. The highest BCUT2D eigenvalue weighted by molar-refractivity contribution is 5.81. The number of nitrogens with zero attached hydrogens (tertiary/aromatic N) is 3. The molecular weight excluding hydrogens is 1020 g/mol. The quantitative estimate of drug-likeness (QED) is 0.144. The molecule has 3 atom stereocenters. The van der Waals surface area contributed by atoms with Gasteiger partial charge in [0.1, 0.15) is 0 Å². The Bertz CT molecular complexity index is 1960. The second-order valence-electron chi connectivity index (χ2n) is 12.8. The molecule has 9 rings (SSSR count). The first-order valence-electron chi connectivity index (χ1n) is 18.0. The van der Waals surface area contributed by atoms with Crippen molar-refractivity contribution in [3.05, 3.63) is 108 Å². The van der Waals surface area contributed by atoms with Gasteiger partial charge < -0.3 is 100 Å². The zero-order chi connectivity index (χ0) is 35.5. The molecular formula is C42H48I3N3O6. The van der Waals surface area contributed by atoms with Crippen LogP contribution in [0.5, 0.6) is 17.6 Å². The number of hydrogen-bond donors (Lipinski definition) is 0. The number of benzene rings is 3. The lowest BCUT2D eigenvalue weighted by molar-refractivity contribution is -0.721. The molecule has 3 aliphatic heterocycles. The van der Waals surface area contributed by atoms with E-state index in [1.165, 1.54) is 49.4 Å². The molecule has 3 aromatic carbocycles. The summed E-state index contributed by atoms with van der Waals surface area (Å²) < 4.78 is 40.7. The van der Waals surface area contributed by atoms with Crippen LogP contribution in [0, 0.1) is 20.8 Å². The molecule has 6 heterocycles. The minimum absolute atomic E-state index is 0. The fourth-order valence-corrected chi connectivity index (χ4v) is 7.27.